The first kappa shape index (κ1) is 10.0. The number of carbonyl (C=O) groups is 1. The van der Waals surface area contributed by atoms with Crippen molar-refractivity contribution in [3.8, 4) is 0 Å². The Morgan fingerprint density at radius 2 is 1.86 bits per heavy atom. The van der Waals surface area contributed by atoms with Crippen molar-refractivity contribution in [2.24, 2.45) is 17.8 Å². The average Bonchev–Trinajstić information content (AvgIpc) is 2.14. The Labute approximate surface area is 86.0 Å². The van der Waals surface area contributed by atoms with Crippen LogP contribution < -0.4 is 0 Å². The van der Waals surface area contributed by atoms with Crippen LogP contribution in [-0.4, -0.2) is 12.1 Å². The van der Waals surface area contributed by atoms with Gasteiger partial charge < -0.3 is 4.74 Å². The molecule has 80 valence electrons. The van der Waals surface area contributed by atoms with Crippen molar-refractivity contribution in [1.82, 2.24) is 0 Å². The number of carbonyl (C=O) groups excluding carboxylic acids is 1. The first-order chi connectivity index (χ1) is 6.66. The second-order valence-electron chi connectivity index (χ2n) is 5.04. The van der Waals surface area contributed by atoms with Gasteiger partial charge in [-0.1, -0.05) is 13.3 Å². The van der Waals surface area contributed by atoms with E-state index in [9.17, 15) is 4.79 Å². The van der Waals surface area contributed by atoms with E-state index in [2.05, 4.69) is 6.92 Å². The standard InChI is InChI=1S/C12H20O2/c1-8-3-4-11-7-10(8)5-6-12(11)14-9(2)13/h8,10-12H,3-7H2,1-2H3/t8-,10+,11+,12+/m1/s1. The zero-order valence-electron chi connectivity index (χ0n) is 9.16. The SMILES string of the molecule is CC(=O)O[C@H]1CC[C@H]2C[C@@H]1CC[C@H]2C. The second-order valence-corrected chi connectivity index (χ2v) is 5.04. The first-order valence-electron chi connectivity index (χ1n) is 5.84. The van der Waals surface area contributed by atoms with Crippen LogP contribution in [-0.2, 0) is 9.53 Å². The fourth-order valence-corrected chi connectivity index (χ4v) is 3.17. The molecule has 0 aliphatic heterocycles. The molecule has 0 radical (unpaired) electrons. The molecule has 0 spiro atoms. The van der Waals surface area contributed by atoms with Crippen molar-refractivity contribution in [3.63, 3.8) is 0 Å². The Morgan fingerprint density at radius 1 is 1.14 bits per heavy atom. The fraction of sp³-hybridized carbons (Fsp3) is 0.917. The summed E-state index contributed by atoms with van der Waals surface area (Å²) in [6.45, 7) is 3.89. The average molecular weight is 196 g/mol. The van der Waals surface area contributed by atoms with Crippen LogP contribution >= 0.6 is 0 Å². The Bertz CT molecular complexity index is 224. The van der Waals surface area contributed by atoms with Crippen molar-refractivity contribution in [2.75, 3.05) is 0 Å². The molecule has 14 heavy (non-hydrogen) atoms. The Balaban J connectivity index is 1.95. The monoisotopic (exact) mass is 196 g/mol. The number of ether oxygens (including phenoxy) is 1. The highest BCUT2D eigenvalue weighted by Crippen LogP contribution is 2.44. The maximum absolute atomic E-state index is 10.9. The number of rotatable bonds is 1. The van der Waals surface area contributed by atoms with Gasteiger partial charge in [0.25, 0.3) is 0 Å². The van der Waals surface area contributed by atoms with E-state index in [1.807, 2.05) is 0 Å². The molecule has 2 nitrogen and oxygen atoms in total. The largest absolute Gasteiger partial charge is 0.462 e. The van der Waals surface area contributed by atoms with Crippen LogP contribution in [0.25, 0.3) is 0 Å². The summed E-state index contributed by atoms with van der Waals surface area (Å²) in [5.74, 6) is 2.35. The predicted octanol–water partition coefficient (Wildman–Crippen LogP) is 2.76. The van der Waals surface area contributed by atoms with Crippen LogP contribution in [0.2, 0.25) is 0 Å². The number of hydrogen-bond acceptors (Lipinski definition) is 2. The molecule has 2 aliphatic carbocycles. The van der Waals surface area contributed by atoms with Gasteiger partial charge in [-0.2, -0.15) is 0 Å². The van der Waals surface area contributed by atoms with Crippen LogP contribution in [0.5, 0.6) is 0 Å². The van der Waals surface area contributed by atoms with Crippen molar-refractivity contribution in [1.29, 1.82) is 0 Å². The predicted molar refractivity (Wildman–Crippen MR) is 54.8 cm³/mol. The molecule has 2 bridgehead atoms. The molecular formula is C12H20O2. The minimum Gasteiger partial charge on any atom is -0.462 e. The molecule has 0 heterocycles. The summed E-state index contributed by atoms with van der Waals surface area (Å²) in [7, 11) is 0. The van der Waals surface area contributed by atoms with Crippen LogP contribution in [0.4, 0.5) is 0 Å². The van der Waals surface area contributed by atoms with Gasteiger partial charge in [0, 0.05) is 6.92 Å². The lowest BCUT2D eigenvalue weighted by atomic mass is 9.66. The molecule has 4 atom stereocenters. The molecule has 2 aliphatic rings. The summed E-state index contributed by atoms with van der Waals surface area (Å²) in [5.41, 5.74) is 0. The molecule has 0 N–H and O–H groups in total. The van der Waals surface area contributed by atoms with E-state index >= 15 is 0 Å². The highest BCUT2D eigenvalue weighted by atomic mass is 16.5. The maximum atomic E-state index is 10.9. The van der Waals surface area contributed by atoms with Crippen molar-refractivity contribution >= 4 is 5.97 Å². The lowest BCUT2D eigenvalue weighted by Crippen LogP contribution is -2.38. The van der Waals surface area contributed by atoms with Crippen molar-refractivity contribution < 1.29 is 9.53 Å². The van der Waals surface area contributed by atoms with E-state index in [4.69, 9.17) is 4.74 Å². The van der Waals surface area contributed by atoms with Gasteiger partial charge in [0.05, 0.1) is 0 Å². The number of esters is 1. The molecule has 0 aromatic heterocycles. The molecule has 0 saturated heterocycles. The Hall–Kier alpha value is -0.530. The zero-order valence-corrected chi connectivity index (χ0v) is 9.16. The number of fused-ring (bicyclic) bond motifs is 2. The van der Waals surface area contributed by atoms with Gasteiger partial charge in [-0.25, -0.2) is 0 Å². The number of hydrogen-bond donors (Lipinski definition) is 0. The molecule has 2 heteroatoms. The topological polar surface area (TPSA) is 26.3 Å². The van der Waals surface area contributed by atoms with E-state index in [1.54, 1.807) is 0 Å². The third-order valence-electron chi connectivity index (χ3n) is 4.07. The molecule has 2 rings (SSSR count). The fourth-order valence-electron chi connectivity index (χ4n) is 3.17. The summed E-state index contributed by atoms with van der Waals surface area (Å²) in [6.07, 6.45) is 6.47. The van der Waals surface area contributed by atoms with Gasteiger partial charge >= 0.3 is 5.97 Å². The summed E-state index contributed by atoms with van der Waals surface area (Å²) < 4.78 is 5.37. The Kier molecular flexibility index (Phi) is 2.80. The quantitative estimate of drug-likeness (QED) is 0.603. The van der Waals surface area contributed by atoms with Crippen molar-refractivity contribution in [3.05, 3.63) is 0 Å². The van der Waals surface area contributed by atoms with Crippen LogP contribution in [0, 0.1) is 17.8 Å². The highest BCUT2D eigenvalue weighted by Gasteiger charge is 2.38. The van der Waals surface area contributed by atoms with Gasteiger partial charge in [0.15, 0.2) is 0 Å². The van der Waals surface area contributed by atoms with Gasteiger partial charge in [-0.3, -0.25) is 4.79 Å². The minimum atomic E-state index is -0.105. The van der Waals surface area contributed by atoms with E-state index in [0.717, 1.165) is 18.3 Å². The second kappa shape index (κ2) is 3.92. The molecule has 2 saturated carbocycles. The molecule has 0 unspecified atom stereocenters. The van der Waals surface area contributed by atoms with E-state index < -0.39 is 0 Å². The summed E-state index contributed by atoms with van der Waals surface area (Å²) in [6, 6.07) is 0. The lowest BCUT2D eigenvalue weighted by Gasteiger charge is -2.42. The minimum absolute atomic E-state index is 0.105. The lowest BCUT2D eigenvalue weighted by molar-refractivity contribution is -0.153. The third kappa shape index (κ3) is 1.94. The van der Waals surface area contributed by atoms with Crippen LogP contribution in [0.3, 0.4) is 0 Å². The molecular weight excluding hydrogens is 176 g/mol. The molecule has 0 aromatic rings. The third-order valence-corrected chi connectivity index (χ3v) is 4.07. The normalized spacial score (nSPS) is 41.9. The van der Waals surface area contributed by atoms with Crippen LogP contribution in [0.15, 0.2) is 0 Å². The maximum Gasteiger partial charge on any atom is 0.302 e. The van der Waals surface area contributed by atoms with E-state index in [1.165, 1.54) is 32.6 Å². The molecule has 0 amide bonds. The van der Waals surface area contributed by atoms with Gasteiger partial charge in [-0.15, -0.1) is 0 Å². The van der Waals surface area contributed by atoms with Gasteiger partial charge in [0.1, 0.15) is 6.10 Å². The first-order valence-corrected chi connectivity index (χ1v) is 5.84. The highest BCUT2D eigenvalue weighted by molar-refractivity contribution is 5.66. The summed E-state index contributed by atoms with van der Waals surface area (Å²) >= 11 is 0. The Morgan fingerprint density at radius 3 is 2.57 bits per heavy atom. The zero-order chi connectivity index (χ0) is 10.1. The van der Waals surface area contributed by atoms with Crippen molar-refractivity contribution in [2.45, 2.75) is 52.1 Å². The molecule has 2 fully saturated rings. The smallest absolute Gasteiger partial charge is 0.302 e. The van der Waals surface area contributed by atoms with Crippen LogP contribution in [0.1, 0.15) is 46.0 Å². The van der Waals surface area contributed by atoms with Gasteiger partial charge in [-0.05, 0) is 43.4 Å². The van der Waals surface area contributed by atoms with Gasteiger partial charge in [0.2, 0.25) is 0 Å². The molecule has 0 aromatic carbocycles. The van der Waals surface area contributed by atoms with E-state index in [0.29, 0.717) is 5.92 Å². The summed E-state index contributed by atoms with van der Waals surface area (Å²) in [4.78, 5) is 10.9. The summed E-state index contributed by atoms with van der Waals surface area (Å²) in [5, 5.41) is 0. The van der Waals surface area contributed by atoms with E-state index in [-0.39, 0.29) is 12.1 Å².